The van der Waals surface area contributed by atoms with Crippen molar-refractivity contribution in [3.05, 3.63) is 83.4 Å². The van der Waals surface area contributed by atoms with Crippen LogP contribution in [0.15, 0.2) is 77.7 Å². The highest BCUT2D eigenvalue weighted by Gasteiger charge is 2.34. The van der Waals surface area contributed by atoms with E-state index < -0.39 is 28.5 Å². The van der Waals surface area contributed by atoms with Gasteiger partial charge in [0.2, 0.25) is 11.8 Å². The maximum absolute atomic E-state index is 14.2. The van der Waals surface area contributed by atoms with E-state index in [2.05, 4.69) is 5.32 Å². The third kappa shape index (κ3) is 8.00. The van der Waals surface area contributed by atoms with Gasteiger partial charge in [-0.1, -0.05) is 61.2 Å². The van der Waals surface area contributed by atoms with Gasteiger partial charge in [0.05, 0.1) is 24.8 Å². The number of anilines is 1. The van der Waals surface area contributed by atoms with Gasteiger partial charge < -0.3 is 19.7 Å². The molecule has 0 unspecified atom stereocenters. The normalized spacial score (nSPS) is 14.4. The van der Waals surface area contributed by atoms with Gasteiger partial charge in [0.15, 0.2) is 0 Å². The second-order valence-electron chi connectivity index (χ2n) is 10.5. The lowest BCUT2D eigenvalue weighted by atomic mass is 9.95. The average Bonchev–Trinajstić information content (AvgIpc) is 3.02. The van der Waals surface area contributed by atoms with Gasteiger partial charge in [-0.2, -0.15) is 0 Å². The van der Waals surface area contributed by atoms with E-state index in [1.807, 2.05) is 6.07 Å². The lowest BCUT2D eigenvalue weighted by Gasteiger charge is -2.33. The van der Waals surface area contributed by atoms with Crippen LogP contribution in [0.1, 0.15) is 44.6 Å². The molecule has 1 N–H and O–H groups in total. The molecule has 1 fully saturated rings. The zero-order valence-corrected chi connectivity index (χ0v) is 26.2. The molecule has 3 aromatic carbocycles. The lowest BCUT2D eigenvalue weighted by Crippen LogP contribution is -2.53. The number of methoxy groups -OCH3 is 2. The Morgan fingerprint density at radius 3 is 2.33 bits per heavy atom. The fraction of sp³-hybridized carbons (Fsp3) is 0.375. The van der Waals surface area contributed by atoms with Gasteiger partial charge in [0, 0.05) is 23.7 Å². The summed E-state index contributed by atoms with van der Waals surface area (Å²) in [7, 11) is -1.38. The Morgan fingerprint density at radius 2 is 1.67 bits per heavy atom. The van der Waals surface area contributed by atoms with Crippen molar-refractivity contribution in [3.63, 3.8) is 0 Å². The molecule has 11 heteroatoms. The number of sulfonamides is 1. The van der Waals surface area contributed by atoms with Gasteiger partial charge in [0.1, 0.15) is 24.1 Å². The van der Waals surface area contributed by atoms with Crippen molar-refractivity contribution >= 4 is 39.1 Å². The molecule has 230 valence electrons. The molecular formula is C32H38ClN3O6S. The van der Waals surface area contributed by atoms with Gasteiger partial charge in [-0.25, -0.2) is 8.42 Å². The van der Waals surface area contributed by atoms with Crippen LogP contribution in [-0.2, 0) is 26.2 Å². The van der Waals surface area contributed by atoms with Crippen LogP contribution >= 0.6 is 11.6 Å². The van der Waals surface area contributed by atoms with Crippen molar-refractivity contribution in [3.8, 4) is 11.5 Å². The number of halogens is 1. The number of hydrogen-bond acceptors (Lipinski definition) is 6. The van der Waals surface area contributed by atoms with E-state index in [1.165, 1.54) is 37.3 Å². The van der Waals surface area contributed by atoms with E-state index in [-0.39, 0.29) is 34.8 Å². The van der Waals surface area contributed by atoms with Gasteiger partial charge in [-0.05, 0) is 61.7 Å². The molecule has 1 atom stereocenters. The molecule has 0 aromatic heterocycles. The number of rotatable bonds is 12. The topological polar surface area (TPSA) is 105 Å². The molecule has 43 heavy (non-hydrogen) atoms. The number of carbonyl (C=O) groups is 2. The second kappa shape index (κ2) is 14.6. The maximum atomic E-state index is 14.2. The van der Waals surface area contributed by atoms with E-state index >= 15 is 0 Å². The average molecular weight is 628 g/mol. The zero-order chi connectivity index (χ0) is 31.0. The summed E-state index contributed by atoms with van der Waals surface area (Å²) < 4.78 is 40.1. The Labute approximate surface area is 258 Å². The van der Waals surface area contributed by atoms with Gasteiger partial charge >= 0.3 is 0 Å². The van der Waals surface area contributed by atoms with Crippen LogP contribution in [0.25, 0.3) is 0 Å². The number of nitrogens with one attached hydrogen (secondary N) is 1. The lowest BCUT2D eigenvalue weighted by molar-refractivity contribution is -0.139. The summed E-state index contributed by atoms with van der Waals surface area (Å²) in [4.78, 5) is 29.1. The van der Waals surface area contributed by atoms with Crippen LogP contribution < -0.4 is 19.1 Å². The van der Waals surface area contributed by atoms with E-state index in [4.69, 9.17) is 21.1 Å². The highest BCUT2D eigenvalue weighted by molar-refractivity contribution is 7.92. The SMILES string of the molecule is COc1ccc(OC)c(N(CC(=O)N(Cc2cccc(Cl)c2)[C@@H](C)C(=O)NC2CCCCC2)S(=O)(=O)c2ccccc2)c1. The predicted octanol–water partition coefficient (Wildman–Crippen LogP) is 5.42. The molecule has 1 aliphatic rings. The molecule has 0 heterocycles. The number of carbonyl (C=O) groups excluding carboxylic acids is 2. The number of hydrogen-bond donors (Lipinski definition) is 1. The third-order valence-electron chi connectivity index (χ3n) is 7.63. The molecule has 0 saturated heterocycles. The molecule has 0 radical (unpaired) electrons. The summed E-state index contributed by atoms with van der Waals surface area (Å²) in [6, 6.07) is 18.7. The second-order valence-corrected chi connectivity index (χ2v) is 12.8. The first-order valence-corrected chi connectivity index (χ1v) is 16.1. The number of nitrogens with zero attached hydrogens (tertiary/aromatic N) is 2. The fourth-order valence-electron chi connectivity index (χ4n) is 5.21. The van der Waals surface area contributed by atoms with Gasteiger partial charge in [0.25, 0.3) is 10.0 Å². The summed E-state index contributed by atoms with van der Waals surface area (Å²) in [6.45, 7) is 1.11. The van der Waals surface area contributed by atoms with Crippen molar-refractivity contribution in [2.24, 2.45) is 0 Å². The minimum atomic E-state index is -4.26. The summed E-state index contributed by atoms with van der Waals surface area (Å²) in [5.41, 5.74) is 0.829. The Kier molecular flexibility index (Phi) is 10.9. The van der Waals surface area contributed by atoms with Crippen LogP contribution in [0.4, 0.5) is 5.69 Å². The summed E-state index contributed by atoms with van der Waals surface area (Å²) in [5.74, 6) is -0.250. The first-order chi connectivity index (χ1) is 20.6. The Bertz CT molecular complexity index is 1510. The molecule has 0 aliphatic heterocycles. The molecule has 0 bridgehead atoms. The van der Waals surface area contributed by atoms with E-state index in [0.717, 1.165) is 36.4 Å². The van der Waals surface area contributed by atoms with Crippen LogP contribution in [0, 0.1) is 0 Å². The smallest absolute Gasteiger partial charge is 0.264 e. The van der Waals surface area contributed by atoms with Gasteiger partial charge in [-0.3, -0.25) is 13.9 Å². The minimum Gasteiger partial charge on any atom is -0.497 e. The highest BCUT2D eigenvalue weighted by Crippen LogP contribution is 2.36. The quantitative estimate of drug-likeness (QED) is 0.288. The summed E-state index contributed by atoms with van der Waals surface area (Å²) >= 11 is 6.24. The number of benzene rings is 3. The van der Waals surface area contributed by atoms with Crippen LogP contribution in [0.3, 0.4) is 0 Å². The van der Waals surface area contributed by atoms with Gasteiger partial charge in [-0.15, -0.1) is 0 Å². The Balaban J connectivity index is 1.73. The van der Waals surface area contributed by atoms with Crippen molar-refractivity contribution < 1.29 is 27.5 Å². The molecule has 2 amide bonds. The van der Waals surface area contributed by atoms with E-state index in [9.17, 15) is 18.0 Å². The van der Waals surface area contributed by atoms with Crippen LogP contribution in [0.2, 0.25) is 5.02 Å². The van der Waals surface area contributed by atoms with Crippen LogP contribution in [-0.4, -0.2) is 58.0 Å². The summed E-state index contributed by atoms with van der Waals surface area (Å²) in [6.07, 6.45) is 5.00. The largest absolute Gasteiger partial charge is 0.497 e. The van der Waals surface area contributed by atoms with Crippen LogP contribution in [0.5, 0.6) is 11.5 Å². The molecule has 9 nitrogen and oxygen atoms in total. The maximum Gasteiger partial charge on any atom is 0.264 e. The first kappa shape index (κ1) is 32.2. The van der Waals surface area contributed by atoms with E-state index in [0.29, 0.717) is 16.3 Å². The van der Waals surface area contributed by atoms with Crippen molar-refractivity contribution in [2.45, 2.75) is 62.6 Å². The number of amides is 2. The summed E-state index contributed by atoms with van der Waals surface area (Å²) in [5, 5.41) is 3.58. The predicted molar refractivity (Wildman–Crippen MR) is 167 cm³/mol. The molecule has 1 saturated carbocycles. The van der Waals surface area contributed by atoms with Crippen molar-refractivity contribution in [1.82, 2.24) is 10.2 Å². The van der Waals surface area contributed by atoms with Crippen molar-refractivity contribution in [1.29, 1.82) is 0 Å². The monoisotopic (exact) mass is 627 g/mol. The third-order valence-corrected chi connectivity index (χ3v) is 9.63. The molecule has 1 aliphatic carbocycles. The highest BCUT2D eigenvalue weighted by atomic mass is 35.5. The first-order valence-electron chi connectivity index (χ1n) is 14.3. The minimum absolute atomic E-state index is 0.00264. The van der Waals surface area contributed by atoms with Crippen molar-refractivity contribution in [2.75, 3.05) is 25.1 Å². The zero-order valence-electron chi connectivity index (χ0n) is 24.7. The molecule has 3 aromatic rings. The number of ether oxygens (including phenoxy) is 2. The molecular weight excluding hydrogens is 590 g/mol. The molecule has 0 spiro atoms. The molecule has 4 rings (SSSR count). The Hall–Kier alpha value is -3.76. The van der Waals surface area contributed by atoms with E-state index in [1.54, 1.807) is 55.5 Å². The standard InChI is InChI=1S/C32H38ClN3O6S/c1-23(32(38)34-26-13-6-4-7-14-26)35(21-24-11-10-12-25(33)19-24)31(37)22-36(43(39,40)28-15-8-5-9-16-28)29-20-27(41-2)17-18-30(29)42-3/h5,8-12,15-20,23,26H,4,6-7,13-14,21-22H2,1-3H3,(H,34,38)/t23-/m0/s1. The Morgan fingerprint density at radius 1 is 0.953 bits per heavy atom. The fourth-order valence-corrected chi connectivity index (χ4v) is 6.86.